The van der Waals surface area contributed by atoms with Crippen LogP contribution in [-0.4, -0.2) is 42.0 Å². The topological polar surface area (TPSA) is 76.1 Å². The maximum atomic E-state index is 13.1. The minimum atomic E-state index is -0.689. The van der Waals surface area contributed by atoms with Gasteiger partial charge in [-0.25, -0.2) is 0 Å². The zero-order valence-electron chi connectivity index (χ0n) is 19.5. The van der Waals surface area contributed by atoms with E-state index < -0.39 is 17.7 Å². The van der Waals surface area contributed by atoms with Crippen LogP contribution in [0.1, 0.15) is 61.4 Å². The number of likely N-dealkylation sites (tertiary alicyclic amines) is 1. The highest BCUT2D eigenvalue weighted by Gasteiger charge is 2.46. The maximum absolute atomic E-state index is 13.1. The molecule has 2 aliphatic rings. The maximum Gasteiger partial charge on any atom is 0.295 e. The van der Waals surface area contributed by atoms with Gasteiger partial charge in [-0.2, -0.15) is 0 Å². The molecule has 6 heteroatoms. The molecule has 2 aromatic rings. The number of nitrogens with zero attached hydrogens (tertiary/aromatic N) is 1. The Hall–Kier alpha value is -3.28. The second kappa shape index (κ2) is 9.69. The third kappa shape index (κ3) is 4.22. The van der Waals surface area contributed by atoms with Crippen molar-refractivity contribution in [3.8, 4) is 11.5 Å². The highest BCUT2D eigenvalue weighted by Crippen LogP contribution is 2.42. The van der Waals surface area contributed by atoms with Gasteiger partial charge in [0.15, 0.2) is 11.5 Å². The number of aryl methyl sites for hydroxylation is 2. The van der Waals surface area contributed by atoms with Crippen LogP contribution in [0.15, 0.2) is 42.0 Å². The molecule has 1 saturated heterocycles. The fraction of sp³-hybridized carbons (Fsp3) is 0.407. The normalized spacial score (nSPS) is 19.5. The Morgan fingerprint density at radius 2 is 1.79 bits per heavy atom. The van der Waals surface area contributed by atoms with Crippen molar-refractivity contribution in [2.45, 2.75) is 52.0 Å². The predicted octanol–water partition coefficient (Wildman–Crippen LogP) is 4.80. The van der Waals surface area contributed by atoms with E-state index >= 15 is 0 Å². The van der Waals surface area contributed by atoms with Gasteiger partial charge in [-0.05, 0) is 73.9 Å². The number of rotatable bonds is 7. The number of ether oxygens (including phenoxy) is 2. The molecule has 4 rings (SSSR count). The van der Waals surface area contributed by atoms with Crippen LogP contribution in [-0.2, 0) is 22.4 Å². The van der Waals surface area contributed by atoms with Gasteiger partial charge in [0.2, 0.25) is 0 Å². The largest absolute Gasteiger partial charge is 0.507 e. The minimum absolute atomic E-state index is 0.122. The molecule has 0 aromatic heterocycles. The van der Waals surface area contributed by atoms with Crippen LogP contribution in [0, 0.1) is 0 Å². The highest BCUT2D eigenvalue weighted by atomic mass is 16.5. The average Bonchev–Trinajstić information content (AvgIpc) is 3.08. The van der Waals surface area contributed by atoms with Gasteiger partial charge >= 0.3 is 0 Å². The molecule has 1 fully saturated rings. The van der Waals surface area contributed by atoms with Crippen LogP contribution in [0.2, 0.25) is 0 Å². The number of hydrogen-bond acceptors (Lipinski definition) is 5. The number of fused-ring (bicyclic) bond motifs is 1. The van der Waals surface area contributed by atoms with Gasteiger partial charge < -0.3 is 19.5 Å². The van der Waals surface area contributed by atoms with Crippen molar-refractivity contribution in [2.75, 3.05) is 20.3 Å². The molecule has 1 aliphatic carbocycles. The van der Waals surface area contributed by atoms with Gasteiger partial charge in [-0.3, -0.25) is 9.59 Å². The van der Waals surface area contributed by atoms with Gasteiger partial charge in [0.05, 0.1) is 25.3 Å². The molecule has 33 heavy (non-hydrogen) atoms. The summed E-state index contributed by atoms with van der Waals surface area (Å²) in [6, 6.07) is 10.5. The summed E-state index contributed by atoms with van der Waals surface area (Å²) in [7, 11) is 1.57. The smallest absolute Gasteiger partial charge is 0.295 e. The standard InChI is InChI=1S/C27H31NO5/c1-4-14-28-24(19-12-13-21(32-3)22(16-19)33-5-2)23(26(30)27(28)31)25(29)20-11-10-17-8-6-7-9-18(17)15-20/h10-13,15-16,24,29H,4-9,14H2,1-3H3/b25-23+. The Bertz CT molecular complexity index is 1100. The van der Waals surface area contributed by atoms with Crippen molar-refractivity contribution in [3.05, 3.63) is 64.2 Å². The lowest BCUT2D eigenvalue weighted by molar-refractivity contribution is -0.139. The molecule has 1 heterocycles. The molecule has 2 aromatic carbocycles. The van der Waals surface area contributed by atoms with Crippen molar-refractivity contribution in [2.24, 2.45) is 0 Å². The monoisotopic (exact) mass is 449 g/mol. The van der Waals surface area contributed by atoms with E-state index in [1.54, 1.807) is 24.1 Å². The van der Waals surface area contributed by atoms with E-state index in [-0.39, 0.29) is 11.3 Å². The number of Topliss-reactive ketones (excluding diaryl/α,β-unsaturated/α-hetero) is 1. The lowest BCUT2D eigenvalue weighted by Gasteiger charge is -2.25. The van der Waals surface area contributed by atoms with Crippen LogP contribution in [0.4, 0.5) is 0 Å². The number of aliphatic hydroxyl groups is 1. The number of benzene rings is 2. The number of aliphatic hydroxyl groups excluding tert-OH is 1. The fourth-order valence-electron chi connectivity index (χ4n) is 4.87. The summed E-state index contributed by atoms with van der Waals surface area (Å²) < 4.78 is 11.1. The Morgan fingerprint density at radius 3 is 2.48 bits per heavy atom. The van der Waals surface area contributed by atoms with E-state index in [1.165, 1.54) is 17.5 Å². The van der Waals surface area contributed by atoms with Crippen molar-refractivity contribution in [1.82, 2.24) is 4.90 Å². The van der Waals surface area contributed by atoms with E-state index in [0.717, 1.165) is 19.3 Å². The van der Waals surface area contributed by atoms with Crippen LogP contribution in [0.3, 0.4) is 0 Å². The molecule has 0 radical (unpaired) electrons. The zero-order chi connectivity index (χ0) is 23.5. The van der Waals surface area contributed by atoms with Crippen LogP contribution in [0.5, 0.6) is 11.5 Å². The lowest BCUT2D eigenvalue weighted by Crippen LogP contribution is -2.30. The molecule has 1 N–H and O–H groups in total. The first-order valence-corrected chi connectivity index (χ1v) is 11.7. The van der Waals surface area contributed by atoms with Crippen LogP contribution < -0.4 is 9.47 Å². The number of carbonyl (C=O) groups is 2. The van der Waals surface area contributed by atoms with E-state index in [0.29, 0.717) is 42.2 Å². The van der Waals surface area contributed by atoms with Gasteiger partial charge in [0.1, 0.15) is 5.76 Å². The van der Waals surface area contributed by atoms with Gasteiger partial charge in [-0.15, -0.1) is 0 Å². The van der Waals surface area contributed by atoms with Crippen molar-refractivity contribution in [1.29, 1.82) is 0 Å². The predicted molar refractivity (Wildman–Crippen MR) is 127 cm³/mol. The molecule has 1 aliphatic heterocycles. The Morgan fingerprint density at radius 1 is 1.03 bits per heavy atom. The zero-order valence-corrected chi connectivity index (χ0v) is 19.5. The summed E-state index contributed by atoms with van der Waals surface area (Å²) in [5.74, 6) is -0.261. The van der Waals surface area contributed by atoms with Crippen molar-refractivity contribution < 1.29 is 24.2 Å². The summed E-state index contributed by atoms with van der Waals surface area (Å²) in [6.45, 7) is 4.70. The molecule has 1 unspecified atom stereocenters. The Balaban J connectivity index is 1.85. The molecule has 0 bridgehead atoms. The lowest BCUT2D eigenvalue weighted by atomic mass is 9.88. The molecule has 1 atom stereocenters. The van der Waals surface area contributed by atoms with Gasteiger partial charge in [0.25, 0.3) is 11.7 Å². The summed E-state index contributed by atoms with van der Waals surface area (Å²) in [5, 5.41) is 11.3. The fourth-order valence-corrected chi connectivity index (χ4v) is 4.87. The van der Waals surface area contributed by atoms with Crippen molar-refractivity contribution in [3.63, 3.8) is 0 Å². The number of methoxy groups -OCH3 is 1. The van der Waals surface area contributed by atoms with E-state index in [4.69, 9.17) is 9.47 Å². The SMILES string of the molecule is CCCN1C(=O)C(=O)/C(=C(/O)c2ccc3c(c2)CCCC3)C1c1ccc(OC)c(OCC)c1. The number of carbonyl (C=O) groups excluding carboxylic acids is 2. The summed E-state index contributed by atoms with van der Waals surface area (Å²) in [4.78, 5) is 27.7. The van der Waals surface area contributed by atoms with Gasteiger partial charge in [-0.1, -0.05) is 25.1 Å². The third-order valence-electron chi connectivity index (χ3n) is 6.43. The Labute approximate surface area is 194 Å². The highest BCUT2D eigenvalue weighted by molar-refractivity contribution is 6.46. The summed E-state index contributed by atoms with van der Waals surface area (Å²) >= 11 is 0. The second-order valence-corrected chi connectivity index (χ2v) is 8.53. The quantitative estimate of drug-likeness (QED) is 0.373. The Kier molecular flexibility index (Phi) is 6.72. The van der Waals surface area contributed by atoms with Gasteiger partial charge in [0, 0.05) is 12.1 Å². The number of amides is 1. The molecule has 6 nitrogen and oxygen atoms in total. The first-order valence-electron chi connectivity index (χ1n) is 11.7. The minimum Gasteiger partial charge on any atom is -0.507 e. The molecule has 0 saturated carbocycles. The van der Waals surface area contributed by atoms with Crippen LogP contribution in [0.25, 0.3) is 5.76 Å². The van der Waals surface area contributed by atoms with Crippen LogP contribution >= 0.6 is 0 Å². The molecular formula is C27H31NO5. The molecular weight excluding hydrogens is 418 g/mol. The third-order valence-corrected chi connectivity index (χ3v) is 6.43. The summed E-state index contributed by atoms with van der Waals surface area (Å²) in [6.07, 6.45) is 4.96. The second-order valence-electron chi connectivity index (χ2n) is 8.53. The number of ketones is 1. The first kappa shape index (κ1) is 22.9. The van der Waals surface area contributed by atoms with E-state index in [2.05, 4.69) is 0 Å². The number of hydrogen-bond donors (Lipinski definition) is 1. The molecule has 1 amide bonds. The van der Waals surface area contributed by atoms with E-state index in [9.17, 15) is 14.7 Å². The molecule has 0 spiro atoms. The summed E-state index contributed by atoms with van der Waals surface area (Å²) in [5.41, 5.74) is 3.89. The average molecular weight is 450 g/mol. The van der Waals surface area contributed by atoms with E-state index in [1.807, 2.05) is 38.1 Å². The first-order chi connectivity index (χ1) is 16.0. The molecule has 174 valence electrons. The van der Waals surface area contributed by atoms with Crippen molar-refractivity contribution >= 4 is 17.4 Å².